The maximum atomic E-state index is 12.7. The number of primary amides is 1. The van der Waals surface area contributed by atoms with Crippen molar-refractivity contribution in [1.82, 2.24) is 4.90 Å². The molecule has 1 aliphatic heterocycles. The van der Waals surface area contributed by atoms with Gasteiger partial charge in [-0.05, 0) is 55.5 Å². The van der Waals surface area contributed by atoms with E-state index in [0.29, 0.717) is 11.3 Å². The van der Waals surface area contributed by atoms with Gasteiger partial charge in [0.1, 0.15) is 5.75 Å². The lowest BCUT2D eigenvalue weighted by atomic mass is 10.1. The van der Waals surface area contributed by atoms with Gasteiger partial charge in [0.05, 0.1) is 18.0 Å². The molecule has 6 heteroatoms. The number of carbonyl (C=O) groups excluding carboxylic acids is 2. The number of rotatable bonds is 7. The molecular weight excluding hydrogens is 348 g/mol. The second-order valence-electron chi connectivity index (χ2n) is 6.51. The lowest BCUT2D eigenvalue weighted by Gasteiger charge is -2.24. The van der Waals surface area contributed by atoms with Gasteiger partial charge in [-0.3, -0.25) is 9.59 Å². The summed E-state index contributed by atoms with van der Waals surface area (Å²) in [6.45, 7) is 0.788. The van der Waals surface area contributed by atoms with Gasteiger partial charge in [-0.25, -0.2) is 0 Å². The molecule has 2 amide bonds. The fourth-order valence-electron chi connectivity index (χ4n) is 3.40. The third-order valence-electron chi connectivity index (χ3n) is 4.79. The van der Waals surface area contributed by atoms with E-state index in [1.54, 1.807) is 13.2 Å². The van der Waals surface area contributed by atoms with Crippen LogP contribution in [0.1, 0.15) is 51.8 Å². The molecule has 0 saturated carbocycles. The molecule has 1 saturated heterocycles. The summed E-state index contributed by atoms with van der Waals surface area (Å²) >= 11 is 1.40. The number of amides is 2. The van der Waals surface area contributed by atoms with Crippen LogP contribution in [0.3, 0.4) is 0 Å². The Balaban J connectivity index is 1.55. The first-order chi connectivity index (χ1) is 12.6. The zero-order chi connectivity index (χ0) is 18.5. The summed E-state index contributed by atoms with van der Waals surface area (Å²) < 4.78 is 5.16. The molecule has 1 aromatic carbocycles. The standard InChI is InChI=1S/C20H24N2O3S/c1-25-15-9-7-14(8-10-15)4-2-6-19(23)22-13-3-5-16(22)17-11-12-18(26-17)20(21)24/h7-12,16H,2-6,13H2,1H3,(H2,21,24). The van der Waals surface area contributed by atoms with E-state index < -0.39 is 5.91 Å². The van der Waals surface area contributed by atoms with E-state index in [1.165, 1.54) is 16.9 Å². The maximum Gasteiger partial charge on any atom is 0.258 e. The van der Waals surface area contributed by atoms with E-state index in [9.17, 15) is 9.59 Å². The molecule has 1 aromatic heterocycles. The van der Waals surface area contributed by atoms with E-state index >= 15 is 0 Å². The van der Waals surface area contributed by atoms with Crippen LogP contribution in [0.25, 0.3) is 0 Å². The van der Waals surface area contributed by atoms with Crippen LogP contribution in [0.5, 0.6) is 5.75 Å². The SMILES string of the molecule is COc1ccc(CCCC(=O)N2CCCC2c2ccc(C(N)=O)s2)cc1. The van der Waals surface area contributed by atoms with Gasteiger partial charge in [0.2, 0.25) is 5.91 Å². The fourth-order valence-corrected chi connectivity index (χ4v) is 4.41. The molecule has 2 heterocycles. The highest BCUT2D eigenvalue weighted by Gasteiger charge is 2.30. The summed E-state index contributed by atoms with van der Waals surface area (Å²) in [6, 6.07) is 11.7. The quantitative estimate of drug-likeness (QED) is 0.808. The van der Waals surface area contributed by atoms with Gasteiger partial charge in [0.25, 0.3) is 5.91 Å². The molecule has 1 aliphatic rings. The Labute approximate surface area is 157 Å². The van der Waals surface area contributed by atoms with Crippen molar-refractivity contribution in [2.24, 2.45) is 5.73 Å². The lowest BCUT2D eigenvalue weighted by Crippen LogP contribution is -2.30. The molecule has 5 nitrogen and oxygen atoms in total. The van der Waals surface area contributed by atoms with E-state index in [2.05, 4.69) is 0 Å². The van der Waals surface area contributed by atoms with Crippen LogP contribution in [0.4, 0.5) is 0 Å². The molecule has 2 aromatic rings. The van der Waals surface area contributed by atoms with Crippen molar-refractivity contribution in [2.75, 3.05) is 13.7 Å². The molecule has 0 radical (unpaired) electrons. The highest BCUT2D eigenvalue weighted by Crippen LogP contribution is 2.36. The van der Waals surface area contributed by atoms with Crippen LogP contribution < -0.4 is 10.5 Å². The maximum absolute atomic E-state index is 12.7. The molecule has 3 rings (SSSR count). The van der Waals surface area contributed by atoms with Crippen molar-refractivity contribution < 1.29 is 14.3 Å². The van der Waals surface area contributed by atoms with E-state index in [4.69, 9.17) is 10.5 Å². The fraction of sp³-hybridized carbons (Fsp3) is 0.400. The molecule has 0 bridgehead atoms. The van der Waals surface area contributed by atoms with Gasteiger partial charge in [-0.2, -0.15) is 0 Å². The summed E-state index contributed by atoms with van der Waals surface area (Å²) in [6.07, 6.45) is 4.18. The Hall–Kier alpha value is -2.34. The van der Waals surface area contributed by atoms with Crippen LogP contribution in [-0.2, 0) is 11.2 Å². The largest absolute Gasteiger partial charge is 0.497 e. The smallest absolute Gasteiger partial charge is 0.258 e. The second kappa shape index (κ2) is 8.36. The average molecular weight is 372 g/mol. The minimum Gasteiger partial charge on any atom is -0.497 e. The molecule has 0 spiro atoms. The van der Waals surface area contributed by atoms with Crippen LogP contribution in [0.15, 0.2) is 36.4 Å². The van der Waals surface area contributed by atoms with Crippen molar-refractivity contribution in [3.05, 3.63) is 51.7 Å². The third kappa shape index (κ3) is 4.25. The van der Waals surface area contributed by atoms with Crippen LogP contribution in [0, 0.1) is 0 Å². The number of ether oxygens (including phenoxy) is 1. The Morgan fingerprint density at radius 2 is 2.00 bits per heavy atom. The Morgan fingerprint density at radius 1 is 1.23 bits per heavy atom. The number of nitrogens with two attached hydrogens (primary N) is 1. The molecule has 1 unspecified atom stereocenters. The van der Waals surface area contributed by atoms with E-state index in [0.717, 1.165) is 42.9 Å². The Bertz CT molecular complexity index is 770. The normalized spacial score (nSPS) is 16.7. The molecule has 2 N–H and O–H groups in total. The second-order valence-corrected chi connectivity index (χ2v) is 7.63. The predicted molar refractivity (Wildman–Crippen MR) is 102 cm³/mol. The first kappa shape index (κ1) is 18.5. The van der Waals surface area contributed by atoms with Gasteiger partial charge in [0.15, 0.2) is 0 Å². The average Bonchev–Trinajstić information content (AvgIpc) is 3.31. The number of likely N-dealkylation sites (tertiary alicyclic amines) is 1. The molecule has 0 aliphatic carbocycles. The van der Waals surface area contributed by atoms with Gasteiger partial charge in [0, 0.05) is 17.8 Å². The Morgan fingerprint density at radius 3 is 2.65 bits per heavy atom. The number of nitrogens with zero attached hydrogens (tertiary/aromatic N) is 1. The first-order valence-corrected chi connectivity index (χ1v) is 9.72. The number of aryl methyl sites for hydroxylation is 1. The van der Waals surface area contributed by atoms with Crippen molar-refractivity contribution in [3.63, 3.8) is 0 Å². The van der Waals surface area contributed by atoms with Crippen LogP contribution >= 0.6 is 11.3 Å². The van der Waals surface area contributed by atoms with Crippen LogP contribution in [-0.4, -0.2) is 30.4 Å². The molecule has 26 heavy (non-hydrogen) atoms. The van der Waals surface area contributed by atoms with E-state index in [1.807, 2.05) is 35.2 Å². The van der Waals surface area contributed by atoms with Gasteiger partial charge in [-0.15, -0.1) is 11.3 Å². The zero-order valence-corrected chi connectivity index (χ0v) is 15.8. The van der Waals surface area contributed by atoms with Crippen molar-refractivity contribution in [2.45, 2.75) is 38.1 Å². The zero-order valence-electron chi connectivity index (χ0n) is 14.9. The molecule has 138 valence electrons. The topological polar surface area (TPSA) is 72.6 Å². The lowest BCUT2D eigenvalue weighted by molar-refractivity contribution is -0.132. The summed E-state index contributed by atoms with van der Waals surface area (Å²) in [4.78, 5) is 27.6. The van der Waals surface area contributed by atoms with Gasteiger partial charge >= 0.3 is 0 Å². The summed E-state index contributed by atoms with van der Waals surface area (Å²) in [5, 5.41) is 0. The molecule has 1 atom stereocenters. The number of hydrogen-bond acceptors (Lipinski definition) is 4. The number of hydrogen-bond donors (Lipinski definition) is 1. The van der Waals surface area contributed by atoms with Crippen molar-refractivity contribution in [1.29, 1.82) is 0 Å². The predicted octanol–water partition coefficient (Wildman–Crippen LogP) is 3.54. The molecule has 1 fully saturated rings. The highest BCUT2D eigenvalue weighted by molar-refractivity contribution is 7.14. The number of carbonyl (C=O) groups is 2. The first-order valence-electron chi connectivity index (χ1n) is 8.90. The monoisotopic (exact) mass is 372 g/mol. The van der Waals surface area contributed by atoms with E-state index in [-0.39, 0.29) is 11.9 Å². The third-order valence-corrected chi connectivity index (χ3v) is 5.99. The minimum atomic E-state index is -0.406. The molecular formula is C20H24N2O3S. The summed E-state index contributed by atoms with van der Waals surface area (Å²) in [5.41, 5.74) is 6.55. The Kier molecular flexibility index (Phi) is 5.93. The number of methoxy groups -OCH3 is 1. The summed E-state index contributed by atoms with van der Waals surface area (Å²) in [7, 11) is 1.65. The van der Waals surface area contributed by atoms with Gasteiger partial charge in [-0.1, -0.05) is 12.1 Å². The van der Waals surface area contributed by atoms with Gasteiger partial charge < -0.3 is 15.4 Å². The highest BCUT2D eigenvalue weighted by atomic mass is 32.1. The minimum absolute atomic E-state index is 0.0848. The van der Waals surface area contributed by atoms with Crippen molar-refractivity contribution >= 4 is 23.2 Å². The number of benzene rings is 1. The van der Waals surface area contributed by atoms with Crippen LogP contribution in [0.2, 0.25) is 0 Å². The van der Waals surface area contributed by atoms with Crippen molar-refractivity contribution in [3.8, 4) is 5.75 Å². The number of thiophene rings is 1. The summed E-state index contributed by atoms with van der Waals surface area (Å²) in [5.74, 6) is 0.627.